The summed E-state index contributed by atoms with van der Waals surface area (Å²) >= 11 is 0. The third-order valence-electron chi connectivity index (χ3n) is 5.98. The first-order valence-corrected chi connectivity index (χ1v) is 11.6. The van der Waals surface area contributed by atoms with Crippen molar-refractivity contribution in [3.63, 3.8) is 0 Å². The fourth-order valence-electron chi connectivity index (χ4n) is 4.24. The topological polar surface area (TPSA) is 92.7 Å². The van der Waals surface area contributed by atoms with E-state index in [1.807, 2.05) is 6.92 Å². The van der Waals surface area contributed by atoms with Gasteiger partial charge in [-0.2, -0.15) is 4.31 Å². The minimum Gasteiger partial charge on any atom is -0.495 e. The lowest BCUT2D eigenvalue weighted by molar-refractivity contribution is -0.118. The lowest BCUT2D eigenvalue weighted by Crippen LogP contribution is -2.40. The van der Waals surface area contributed by atoms with Crippen LogP contribution in [0.25, 0.3) is 0 Å². The SMILES string of the molecule is COc1ccc(F)cc1S(=O)(=O)N1CCCC(c2nc(C)c3c(n2)N(C)C(=O)CC3)C1. The van der Waals surface area contributed by atoms with Crippen molar-refractivity contribution >= 4 is 21.7 Å². The summed E-state index contributed by atoms with van der Waals surface area (Å²) < 4.78 is 46.9. The molecule has 4 rings (SSSR count). The third-order valence-corrected chi connectivity index (χ3v) is 7.87. The van der Waals surface area contributed by atoms with Crippen molar-refractivity contribution in [2.75, 3.05) is 32.1 Å². The molecule has 1 aromatic carbocycles. The average molecular weight is 449 g/mol. The van der Waals surface area contributed by atoms with Gasteiger partial charge in [0.25, 0.3) is 0 Å². The van der Waals surface area contributed by atoms with E-state index in [9.17, 15) is 17.6 Å². The lowest BCUT2D eigenvalue weighted by atomic mass is 9.97. The van der Waals surface area contributed by atoms with Gasteiger partial charge in [-0.15, -0.1) is 0 Å². The van der Waals surface area contributed by atoms with Crippen molar-refractivity contribution in [2.45, 2.75) is 43.4 Å². The van der Waals surface area contributed by atoms with Crippen LogP contribution in [0.3, 0.4) is 0 Å². The number of sulfonamides is 1. The highest BCUT2D eigenvalue weighted by Crippen LogP contribution is 2.34. The van der Waals surface area contributed by atoms with Gasteiger partial charge in [0, 0.05) is 43.7 Å². The molecule has 0 bridgehead atoms. The highest BCUT2D eigenvalue weighted by atomic mass is 32.2. The molecule has 1 unspecified atom stereocenters. The fraction of sp³-hybridized carbons (Fsp3) is 0.476. The van der Waals surface area contributed by atoms with E-state index in [1.165, 1.54) is 23.5 Å². The second-order valence-electron chi connectivity index (χ2n) is 7.92. The van der Waals surface area contributed by atoms with Crippen LogP contribution >= 0.6 is 0 Å². The molecule has 0 aliphatic carbocycles. The van der Waals surface area contributed by atoms with E-state index in [0.717, 1.165) is 23.7 Å². The highest BCUT2D eigenvalue weighted by molar-refractivity contribution is 7.89. The van der Waals surface area contributed by atoms with Crippen molar-refractivity contribution in [1.29, 1.82) is 0 Å². The number of benzene rings is 1. The molecule has 166 valence electrons. The smallest absolute Gasteiger partial charge is 0.246 e. The maximum Gasteiger partial charge on any atom is 0.246 e. The molecular weight excluding hydrogens is 423 g/mol. The molecule has 0 saturated carbocycles. The summed E-state index contributed by atoms with van der Waals surface area (Å²) in [6.45, 7) is 2.39. The molecule has 1 atom stereocenters. The van der Waals surface area contributed by atoms with E-state index < -0.39 is 15.8 Å². The molecule has 3 heterocycles. The Balaban J connectivity index is 1.66. The van der Waals surface area contributed by atoms with Crippen LogP contribution < -0.4 is 9.64 Å². The van der Waals surface area contributed by atoms with Crippen LogP contribution in [0.2, 0.25) is 0 Å². The van der Waals surface area contributed by atoms with Gasteiger partial charge in [0.15, 0.2) is 0 Å². The van der Waals surface area contributed by atoms with Crippen LogP contribution in [0.15, 0.2) is 23.1 Å². The molecule has 0 N–H and O–H groups in total. The first-order chi connectivity index (χ1) is 14.7. The van der Waals surface area contributed by atoms with Crippen LogP contribution in [0.4, 0.5) is 10.2 Å². The number of anilines is 1. The van der Waals surface area contributed by atoms with Gasteiger partial charge in [-0.1, -0.05) is 0 Å². The summed E-state index contributed by atoms with van der Waals surface area (Å²) in [6.07, 6.45) is 2.38. The number of aromatic nitrogens is 2. The number of amides is 1. The van der Waals surface area contributed by atoms with Gasteiger partial charge in [-0.05, 0) is 44.4 Å². The summed E-state index contributed by atoms with van der Waals surface area (Å²) in [6, 6.07) is 3.46. The van der Waals surface area contributed by atoms with Gasteiger partial charge >= 0.3 is 0 Å². The number of carbonyl (C=O) groups excluding carboxylic acids is 1. The monoisotopic (exact) mass is 448 g/mol. The van der Waals surface area contributed by atoms with Crippen molar-refractivity contribution in [1.82, 2.24) is 14.3 Å². The molecular formula is C21H25FN4O4S. The number of piperidine rings is 1. The van der Waals surface area contributed by atoms with Crippen molar-refractivity contribution in [3.05, 3.63) is 41.1 Å². The van der Waals surface area contributed by atoms with Crippen LogP contribution in [0.5, 0.6) is 5.75 Å². The number of hydrogen-bond acceptors (Lipinski definition) is 6. The van der Waals surface area contributed by atoms with Gasteiger partial charge in [-0.3, -0.25) is 9.69 Å². The number of fused-ring (bicyclic) bond motifs is 1. The van der Waals surface area contributed by atoms with E-state index in [1.54, 1.807) is 11.9 Å². The second-order valence-corrected chi connectivity index (χ2v) is 9.83. The molecule has 2 aromatic rings. The Labute approximate surface area is 181 Å². The molecule has 10 heteroatoms. The number of nitrogens with zero attached hydrogens (tertiary/aromatic N) is 4. The number of aryl methyl sites for hydroxylation is 1. The van der Waals surface area contributed by atoms with Gasteiger partial charge in [0.2, 0.25) is 15.9 Å². The van der Waals surface area contributed by atoms with E-state index in [2.05, 4.69) is 9.97 Å². The maximum absolute atomic E-state index is 13.8. The zero-order valence-electron chi connectivity index (χ0n) is 17.8. The minimum atomic E-state index is -3.97. The Morgan fingerprint density at radius 1 is 1.23 bits per heavy atom. The molecule has 2 aliphatic heterocycles. The Bertz CT molecular complexity index is 1140. The second kappa shape index (κ2) is 8.16. The summed E-state index contributed by atoms with van der Waals surface area (Å²) in [4.78, 5) is 22.8. The van der Waals surface area contributed by atoms with Gasteiger partial charge in [0.05, 0.1) is 7.11 Å². The lowest BCUT2D eigenvalue weighted by Gasteiger charge is -2.33. The van der Waals surface area contributed by atoms with E-state index >= 15 is 0 Å². The largest absolute Gasteiger partial charge is 0.495 e. The van der Waals surface area contributed by atoms with Crippen LogP contribution in [-0.4, -0.2) is 55.8 Å². The van der Waals surface area contributed by atoms with Gasteiger partial charge in [-0.25, -0.2) is 22.8 Å². The molecule has 0 radical (unpaired) electrons. The molecule has 0 spiro atoms. The number of methoxy groups -OCH3 is 1. The summed E-state index contributed by atoms with van der Waals surface area (Å²) in [7, 11) is -0.914. The van der Waals surface area contributed by atoms with E-state index in [4.69, 9.17) is 4.74 Å². The minimum absolute atomic E-state index is 0.00241. The predicted molar refractivity (Wildman–Crippen MR) is 112 cm³/mol. The fourth-order valence-corrected chi connectivity index (χ4v) is 5.93. The van der Waals surface area contributed by atoms with Crippen molar-refractivity contribution < 1.29 is 22.3 Å². The zero-order valence-corrected chi connectivity index (χ0v) is 18.6. The molecule has 2 aliphatic rings. The van der Waals surface area contributed by atoms with Crippen LogP contribution in [-0.2, 0) is 21.2 Å². The van der Waals surface area contributed by atoms with Gasteiger partial charge < -0.3 is 4.74 Å². The number of halogens is 1. The molecule has 8 nitrogen and oxygen atoms in total. The third kappa shape index (κ3) is 3.89. The number of carbonyl (C=O) groups is 1. The average Bonchev–Trinajstić information content (AvgIpc) is 2.76. The van der Waals surface area contributed by atoms with E-state index in [0.29, 0.717) is 37.4 Å². The first-order valence-electron chi connectivity index (χ1n) is 10.2. The summed E-state index contributed by atoms with van der Waals surface area (Å²) in [5.74, 6) is 0.369. The van der Waals surface area contributed by atoms with Crippen molar-refractivity contribution in [3.8, 4) is 5.75 Å². The Hall–Kier alpha value is -2.59. The maximum atomic E-state index is 13.8. The quantitative estimate of drug-likeness (QED) is 0.713. The predicted octanol–water partition coefficient (Wildman–Crippen LogP) is 2.41. The van der Waals surface area contributed by atoms with E-state index in [-0.39, 0.29) is 29.0 Å². The number of rotatable bonds is 4. The first kappa shape index (κ1) is 21.6. The normalized spacial score (nSPS) is 19.9. The number of hydrogen-bond donors (Lipinski definition) is 0. The zero-order chi connectivity index (χ0) is 22.3. The summed E-state index contributed by atoms with van der Waals surface area (Å²) in [5, 5.41) is 0. The molecule has 1 amide bonds. The van der Waals surface area contributed by atoms with Crippen LogP contribution in [0.1, 0.15) is 42.3 Å². The molecule has 1 fully saturated rings. The molecule has 31 heavy (non-hydrogen) atoms. The van der Waals surface area contributed by atoms with Crippen molar-refractivity contribution in [2.24, 2.45) is 0 Å². The highest BCUT2D eigenvalue weighted by Gasteiger charge is 2.35. The van der Waals surface area contributed by atoms with Gasteiger partial charge in [0.1, 0.15) is 28.1 Å². The van der Waals surface area contributed by atoms with Crippen LogP contribution in [0, 0.1) is 12.7 Å². The molecule has 1 aromatic heterocycles. The standard InChI is InChI=1S/C21H25FN4O4S/c1-13-16-7-9-19(27)25(2)21(16)24-20(23-13)14-5-4-10-26(12-14)31(28,29)18-11-15(22)6-8-17(18)30-3/h6,8,11,14H,4-5,7,9-10,12H2,1-3H3. The Morgan fingerprint density at radius 3 is 2.74 bits per heavy atom. The Kier molecular flexibility index (Phi) is 5.69. The molecule has 1 saturated heterocycles. The number of ether oxygens (including phenoxy) is 1. The Morgan fingerprint density at radius 2 is 2.00 bits per heavy atom. The summed E-state index contributed by atoms with van der Waals surface area (Å²) in [5.41, 5.74) is 1.77.